The molecule has 0 aliphatic carbocycles. The Morgan fingerprint density at radius 2 is 1.90 bits per heavy atom. The number of hydrogen-bond donors (Lipinski definition) is 1. The van der Waals surface area contributed by atoms with E-state index in [-0.39, 0.29) is 11.9 Å². The van der Waals surface area contributed by atoms with Crippen molar-refractivity contribution in [1.29, 1.82) is 0 Å². The van der Waals surface area contributed by atoms with E-state index < -0.39 is 0 Å². The lowest BCUT2D eigenvalue weighted by Gasteiger charge is -2.14. The van der Waals surface area contributed by atoms with E-state index in [4.69, 9.17) is 0 Å². The summed E-state index contributed by atoms with van der Waals surface area (Å²) >= 11 is 5.18. The summed E-state index contributed by atoms with van der Waals surface area (Å²) < 4.78 is 15.5. The number of thiophene rings is 1. The molecule has 1 unspecified atom stereocenters. The van der Waals surface area contributed by atoms with Crippen LogP contribution >= 0.6 is 27.3 Å². The van der Waals surface area contributed by atoms with Gasteiger partial charge in [0.1, 0.15) is 5.82 Å². The first-order valence-electron chi connectivity index (χ1n) is 6.76. The molecule has 0 spiro atoms. The molecule has 0 radical (unpaired) electrons. The minimum absolute atomic E-state index is 0.180. The number of benzene rings is 2. The summed E-state index contributed by atoms with van der Waals surface area (Å²) in [5, 5.41) is 4.34. The molecular formula is C17H15BrFNS. The van der Waals surface area contributed by atoms with Crippen LogP contribution < -0.4 is 5.32 Å². The molecule has 0 saturated heterocycles. The molecule has 0 bridgehead atoms. The highest BCUT2D eigenvalue weighted by molar-refractivity contribution is 9.10. The van der Waals surface area contributed by atoms with Gasteiger partial charge in [0.05, 0.1) is 0 Å². The van der Waals surface area contributed by atoms with Gasteiger partial charge in [-0.2, -0.15) is 0 Å². The molecule has 0 fully saturated rings. The monoisotopic (exact) mass is 363 g/mol. The second kappa shape index (κ2) is 6.26. The fourth-order valence-electron chi connectivity index (χ4n) is 2.41. The lowest BCUT2D eigenvalue weighted by atomic mass is 10.0. The number of rotatable bonds is 4. The van der Waals surface area contributed by atoms with Gasteiger partial charge in [0.2, 0.25) is 0 Å². The van der Waals surface area contributed by atoms with E-state index in [1.54, 1.807) is 17.4 Å². The summed E-state index contributed by atoms with van der Waals surface area (Å²) in [7, 11) is 1.97. The summed E-state index contributed by atoms with van der Waals surface area (Å²) in [5.41, 5.74) is 1.28. The number of halogens is 2. The van der Waals surface area contributed by atoms with Crippen LogP contribution in [0.5, 0.6) is 0 Å². The predicted octanol–water partition coefficient (Wildman–Crippen LogP) is 5.31. The Morgan fingerprint density at radius 1 is 1.14 bits per heavy atom. The Labute approximate surface area is 135 Å². The summed E-state index contributed by atoms with van der Waals surface area (Å²) in [6.45, 7) is 0. The van der Waals surface area contributed by atoms with Crippen molar-refractivity contribution in [2.75, 3.05) is 7.05 Å². The Hall–Kier alpha value is -1.23. The minimum atomic E-state index is -0.180. The molecular weight excluding hydrogens is 349 g/mol. The molecule has 1 N–H and O–H groups in total. The van der Waals surface area contributed by atoms with Crippen molar-refractivity contribution in [1.82, 2.24) is 5.32 Å². The van der Waals surface area contributed by atoms with Crippen molar-refractivity contribution in [2.24, 2.45) is 0 Å². The van der Waals surface area contributed by atoms with E-state index in [9.17, 15) is 4.39 Å². The molecule has 1 heterocycles. The molecule has 2 aromatic carbocycles. The lowest BCUT2D eigenvalue weighted by Crippen LogP contribution is -2.17. The van der Waals surface area contributed by atoms with Crippen molar-refractivity contribution >= 4 is 37.4 Å². The van der Waals surface area contributed by atoms with E-state index in [0.29, 0.717) is 0 Å². The van der Waals surface area contributed by atoms with Crippen LogP contribution in [0.1, 0.15) is 16.5 Å². The quantitative estimate of drug-likeness (QED) is 0.662. The second-order valence-electron chi connectivity index (χ2n) is 5.00. The zero-order valence-electron chi connectivity index (χ0n) is 11.6. The standard InChI is InChI=1S/C17H15BrFNS/c1-20-15(8-11-2-4-13(18)5-3-11)17-10-12-9-14(19)6-7-16(12)21-17/h2-7,9-10,15,20H,8H2,1H3. The number of nitrogens with one attached hydrogen (secondary N) is 1. The fraction of sp³-hybridized carbons (Fsp3) is 0.176. The first kappa shape index (κ1) is 14.7. The highest BCUT2D eigenvalue weighted by atomic mass is 79.9. The van der Waals surface area contributed by atoms with Crippen LogP contribution in [0.25, 0.3) is 10.1 Å². The van der Waals surface area contributed by atoms with E-state index in [1.807, 2.05) is 13.1 Å². The maximum atomic E-state index is 13.3. The first-order valence-corrected chi connectivity index (χ1v) is 8.37. The zero-order valence-corrected chi connectivity index (χ0v) is 14.0. The van der Waals surface area contributed by atoms with Crippen LogP contribution in [0.4, 0.5) is 4.39 Å². The molecule has 0 amide bonds. The van der Waals surface area contributed by atoms with Gasteiger partial charge < -0.3 is 5.32 Å². The van der Waals surface area contributed by atoms with Gasteiger partial charge >= 0.3 is 0 Å². The van der Waals surface area contributed by atoms with Crippen molar-refractivity contribution in [3.05, 3.63) is 69.3 Å². The number of fused-ring (bicyclic) bond motifs is 1. The summed E-state index contributed by atoms with van der Waals surface area (Å²) in [5.74, 6) is -0.180. The molecule has 0 saturated carbocycles. The van der Waals surface area contributed by atoms with Crippen LogP contribution in [0.15, 0.2) is 53.0 Å². The van der Waals surface area contributed by atoms with Gasteiger partial charge in [-0.15, -0.1) is 11.3 Å². The maximum Gasteiger partial charge on any atom is 0.123 e. The van der Waals surface area contributed by atoms with Gasteiger partial charge in [-0.05, 0) is 60.8 Å². The van der Waals surface area contributed by atoms with E-state index in [2.05, 4.69) is 51.6 Å². The van der Waals surface area contributed by atoms with Gasteiger partial charge in [-0.1, -0.05) is 28.1 Å². The van der Waals surface area contributed by atoms with E-state index in [1.165, 1.54) is 16.5 Å². The Morgan fingerprint density at radius 3 is 2.62 bits per heavy atom. The Balaban J connectivity index is 1.88. The molecule has 3 rings (SSSR count). The molecule has 1 aromatic heterocycles. The SMILES string of the molecule is CNC(Cc1ccc(Br)cc1)c1cc2cc(F)ccc2s1. The largest absolute Gasteiger partial charge is 0.312 e. The van der Waals surface area contributed by atoms with E-state index in [0.717, 1.165) is 21.0 Å². The fourth-order valence-corrected chi connectivity index (χ4v) is 3.83. The zero-order chi connectivity index (χ0) is 14.8. The third kappa shape index (κ3) is 3.34. The highest BCUT2D eigenvalue weighted by Crippen LogP contribution is 2.32. The average molecular weight is 364 g/mol. The molecule has 21 heavy (non-hydrogen) atoms. The Kier molecular flexibility index (Phi) is 4.38. The van der Waals surface area contributed by atoms with Gasteiger partial charge in [0, 0.05) is 20.1 Å². The van der Waals surface area contributed by atoms with Gasteiger partial charge in [-0.25, -0.2) is 4.39 Å². The normalized spacial score (nSPS) is 12.7. The van der Waals surface area contributed by atoms with Crippen LogP contribution in [-0.2, 0) is 6.42 Å². The maximum absolute atomic E-state index is 13.3. The third-order valence-electron chi connectivity index (χ3n) is 3.54. The predicted molar refractivity (Wildman–Crippen MR) is 91.4 cm³/mol. The molecule has 0 aliphatic heterocycles. The summed E-state index contributed by atoms with van der Waals surface area (Å²) in [6.07, 6.45) is 0.916. The molecule has 108 valence electrons. The first-order chi connectivity index (χ1) is 10.2. The Bertz CT molecular complexity index is 751. The van der Waals surface area contributed by atoms with Crippen molar-refractivity contribution in [3.63, 3.8) is 0 Å². The second-order valence-corrected chi connectivity index (χ2v) is 7.03. The highest BCUT2D eigenvalue weighted by Gasteiger charge is 2.14. The molecule has 1 nitrogen and oxygen atoms in total. The number of likely N-dealkylation sites (N-methyl/N-ethyl adjacent to an activating group) is 1. The van der Waals surface area contributed by atoms with Gasteiger partial charge in [0.15, 0.2) is 0 Å². The van der Waals surface area contributed by atoms with Crippen molar-refractivity contribution < 1.29 is 4.39 Å². The van der Waals surface area contributed by atoms with Crippen LogP contribution in [-0.4, -0.2) is 7.05 Å². The van der Waals surface area contributed by atoms with Crippen LogP contribution in [0.3, 0.4) is 0 Å². The topological polar surface area (TPSA) is 12.0 Å². The minimum Gasteiger partial charge on any atom is -0.312 e. The molecule has 0 aliphatic rings. The molecule has 1 atom stereocenters. The van der Waals surface area contributed by atoms with Crippen molar-refractivity contribution in [2.45, 2.75) is 12.5 Å². The molecule has 4 heteroatoms. The van der Waals surface area contributed by atoms with E-state index >= 15 is 0 Å². The summed E-state index contributed by atoms with van der Waals surface area (Å²) in [4.78, 5) is 1.24. The average Bonchev–Trinajstić information content (AvgIpc) is 2.89. The van der Waals surface area contributed by atoms with Crippen LogP contribution in [0, 0.1) is 5.82 Å². The third-order valence-corrected chi connectivity index (χ3v) is 5.30. The summed E-state index contributed by atoms with van der Waals surface area (Å²) in [6, 6.07) is 15.7. The number of hydrogen-bond acceptors (Lipinski definition) is 2. The lowest BCUT2D eigenvalue weighted by molar-refractivity contribution is 0.602. The van der Waals surface area contributed by atoms with Crippen molar-refractivity contribution in [3.8, 4) is 0 Å². The van der Waals surface area contributed by atoms with Crippen LogP contribution in [0.2, 0.25) is 0 Å². The van der Waals surface area contributed by atoms with Gasteiger partial charge in [0.25, 0.3) is 0 Å². The smallest absolute Gasteiger partial charge is 0.123 e. The van der Waals surface area contributed by atoms with Gasteiger partial charge in [-0.3, -0.25) is 0 Å². The molecule has 3 aromatic rings.